The number of aliphatic carboxylic acids is 1. The Morgan fingerprint density at radius 2 is 1.81 bits per heavy atom. The Balaban J connectivity index is 1.83. The first kappa shape index (κ1) is 15.8. The van der Waals surface area contributed by atoms with Gasteiger partial charge in [0.25, 0.3) is 0 Å². The normalized spacial score (nSPS) is 29.2. The molecule has 1 heterocycles. The lowest BCUT2D eigenvalue weighted by Crippen LogP contribution is -2.44. The van der Waals surface area contributed by atoms with Crippen molar-refractivity contribution in [1.29, 1.82) is 0 Å². The summed E-state index contributed by atoms with van der Waals surface area (Å²) in [4.78, 5) is 36.1. The average Bonchev–Trinajstić information content (AvgIpc) is 2.94. The fraction of sp³-hybridized carbons (Fsp3) is 0.800. The molecule has 2 rings (SSSR count). The number of hydrogen-bond acceptors (Lipinski definition) is 3. The van der Waals surface area contributed by atoms with E-state index in [1.807, 2.05) is 0 Å². The van der Waals surface area contributed by atoms with Gasteiger partial charge in [0, 0.05) is 25.9 Å². The third kappa shape index (κ3) is 3.95. The fourth-order valence-corrected chi connectivity index (χ4v) is 3.42. The highest BCUT2D eigenvalue weighted by molar-refractivity contribution is 5.85. The summed E-state index contributed by atoms with van der Waals surface area (Å²) in [5.74, 6) is -0.502. The van der Waals surface area contributed by atoms with Gasteiger partial charge in [0.05, 0.1) is 0 Å². The van der Waals surface area contributed by atoms with Crippen LogP contribution in [0.15, 0.2) is 0 Å². The van der Waals surface area contributed by atoms with E-state index in [-0.39, 0.29) is 17.7 Å². The second kappa shape index (κ2) is 6.91. The number of rotatable bonds is 4. The van der Waals surface area contributed by atoms with Crippen molar-refractivity contribution in [1.82, 2.24) is 10.2 Å². The van der Waals surface area contributed by atoms with Gasteiger partial charge in [-0.2, -0.15) is 0 Å². The summed E-state index contributed by atoms with van der Waals surface area (Å²) in [7, 11) is 0. The van der Waals surface area contributed by atoms with E-state index in [2.05, 4.69) is 5.32 Å². The zero-order valence-corrected chi connectivity index (χ0v) is 12.5. The Labute approximate surface area is 124 Å². The molecule has 1 saturated heterocycles. The predicted molar refractivity (Wildman–Crippen MR) is 76.5 cm³/mol. The maximum Gasteiger partial charge on any atom is 0.326 e. The average molecular weight is 296 g/mol. The molecule has 0 aromatic rings. The molecule has 6 heteroatoms. The first-order valence-corrected chi connectivity index (χ1v) is 7.76. The minimum atomic E-state index is -0.889. The van der Waals surface area contributed by atoms with E-state index in [9.17, 15) is 14.4 Å². The predicted octanol–water partition coefficient (Wildman–Crippen LogP) is 1.00. The molecule has 2 N–H and O–H groups in total. The molecule has 0 spiro atoms. The summed E-state index contributed by atoms with van der Waals surface area (Å²) in [6.45, 7) is 2.76. The molecule has 2 fully saturated rings. The van der Waals surface area contributed by atoms with E-state index in [1.54, 1.807) is 4.90 Å². The SMILES string of the molecule is CC(=O)NCC1CCC(C(=O)N2CCCC2C(=O)O)CC1. The number of nitrogens with one attached hydrogen (secondary N) is 1. The van der Waals surface area contributed by atoms with Crippen molar-refractivity contribution >= 4 is 17.8 Å². The van der Waals surface area contributed by atoms with Gasteiger partial charge in [-0.3, -0.25) is 9.59 Å². The maximum absolute atomic E-state index is 12.5. The summed E-state index contributed by atoms with van der Waals surface area (Å²) in [5.41, 5.74) is 0. The number of carboxylic acid groups (broad SMARTS) is 1. The summed E-state index contributed by atoms with van der Waals surface area (Å²) < 4.78 is 0. The van der Waals surface area contributed by atoms with Crippen molar-refractivity contribution in [3.05, 3.63) is 0 Å². The van der Waals surface area contributed by atoms with Crippen LogP contribution in [0.2, 0.25) is 0 Å². The second-order valence-corrected chi connectivity index (χ2v) is 6.18. The fourth-order valence-electron chi connectivity index (χ4n) is 3.42. The molecule has 1 aliphatic carbocycles. The number of carboxylic acids is 1. The van der Waals surface area contributed by atoms with E-state index in [0.29, 0.717) is 25.4 Å². The molecule has 1 atom stereocenters. The van der Waals surface area contributed by atoms with Gasteiger partial charge in [-0.15, -0.1) is 0 Å². The Hall–Kier alpha value is -1.59. The van der Waals surface area contributed by atoms with Crippen molar-refractivity contribution < 1.29 is 19.5 Å². The van der Waals surface area contributed by atoms with E-state index < -0.39 is 12.0 Å². The summed E-state index contributed by atoms with van der Waals surface area (Å²) in [6, 6.07) is -0.630. The molecule has 2 aliphatic rings. The van der Waals surface area contributed by atoms with Gasteiger partial charge in [0.15, 0.2) is 0 Å². The van der Waals surface area contributed by atoms with Crippen molar-refractivity contribution in [2.75, 3.05) is 13.1 Å². The van der Waals surface area contributed by atoms with Crippen LogP contribution >= 0.6 is 0 Å². The topological polar surface area (TPSA) is 86.7 Å². The molecule has 118 valence electrons. The van der Waals surface area contributed by atoms with Crippen LogP contribution in [0.4, 0.5) is 0 Å². The van der Waals surface area contributed by atoms with E-state index >= 15 is 0 Å². The second-order valence-electron chi connectivity index (χ2n) is 6.18. The van der Waals surface area contributed by atoms with Crippen LogP contribution in [-0.2, 0) is 14.4 Å². The zero-order chi connectivity index (χ0) is 15.4. The van der Waals surface area contributed by atoms with Crippen LogP contribution < -0.4 is 5.32 Å². The monoisotopic (exact) mass is 296 g/mol. The maximum atomic E-state index is 12.5. The molecular weight excluding hydrogens is 272 g/mol. The molecular formula is C15H24N2O4. The van der Waals surface area contributed by atoms with E-state index in [0.717, 1.165) is 32.1 Å². The smallest absolute Gasteiger partial charge is 0.326 e. The zero-order valence-electron chi connectivity index (χ0n) is 12.5. The quantitative estimate of drug-likeness (QED) is 0.810. The molecule has 0 aromatic carbocycles. The van der Waals surface area contributed by atoms with Crippen LogP contribution in [0.3, 0.4) is 0 Å². The van der Waals surface area contributed by atoms with E-state index in [1.165, 1.54) is 6.92 Å². The standard InChI is InChI=1S/C15H24N2O4/c1-10(18)16-9-11-4-6-12(7-5-11)14(19)17-8-2-3-13(17)15(20)21/h11-13H,2-9H2,1H3,(H,16,18)(H,20,21). The Morgan fingerprint density at radius 1 is 1.14 bits per heavy atom. The lowest BCUT2D eigenvalue weighted by atomic mass is 9.81. The molecule has 0 aromatic heterocycles. The summed E-state index contributed by atoms with van der Waals surface area (Å²) >= 11 is 0. The summed E-state index contributed by atoms with van der Waals surface area (Å²) in [5, 5.41) is 12.0. The van der Waals surface area contributed by atoms with Gasteiger partial charge in [0.2, 0.25) is 11.8 Å². The largest absolute Gasteiger partial charge is 0.480 e. The lowest BCUT2D eigenvalue weighted by Gasteiger charge is -2.32. The third-order valence-electron chi connectivity index (χ3n) is 4.66. The first-order chi connectivity index (χ1) is 9.99. The minimum Gasteiger partial charge on any atom is -0.480 e. The van der Waals surface area contributed by atoms with Gasteiger partial charge < -0.3 is 15.3 Å². The molecule has 1 saturated carbocycles. The highest BCUT2D eigenvalue weighted by Crippen LogP contribution is 2.31. The number of hydrogen-bond donors (Lipinski definition) is 2. The van der Waals surface area contributed by atoms with Crippen LogP contribution in [0.5, 0.6) is 0 Å². The van der Waals surface area contributed by atoms with Crippen molar-refractivity contribution in [2.45, 2.75) is 51.5 Å². The Kier molecular flexibility index (Phi) is 5.20. The number of carbonyl (C=O) groups excluding carboxylic acids is 2. The molecule has 1 aliphatic heterocycles. The van der Waals surface area contributed by atoms with Crippen molar-refractivity contribution in [3.8, 4) is 0 Å². The van der Waals surface area contributed by atoms with Gasteiger partial charge in [-0.1, -0.05) is 0 Å². The highest BCUT2D eigenvalue weighted by Gasteiger charge is 2.38. The minimum absolute atomic E-state index is 0.0119. The van der Waals surface area contributed by atoms with Gasteiger partial charge in [-0.25, -0.2) is 4.79 Å². The molecule has 2 amide bonds. The van der Waals surface area contributed by atoms with Gasteiger partial charge >= 0.3 is 5.97 Å². The highest BCUT2D eigenvalue weighted by atomic mass is 16.4. The van der Waals surface area contributed by atoms with Crippen molar-refractivity contribution in [2.24, 2.45) is 11.8 Å². The van der Waals surface area contributed by atoms with Gasteiger partial charge in [0.1, 0.15) is 6.04 Å². The number of amides is 2. The first-order valence-electron chi connectivity index (χ1n) is 7.76. The van der Waals surface area contributed by atoms with Crippen molar-refractivity contribution in [3.63, 3.8) is 0 Å². The Morgan fingerprint density at radius 3 is 2.38 bits per heavy atom. The number of nitrogens with zero attached hydrogens (tertiary/aromatic N) is 1. The molecule has 0 radical (unpaired) electrons. The number of carbonyl (C=O) groups is 3. The third-order valence-corrected chi connectivity index (χ3v) is 4.66. The van der Waals surface area contributed by atoms with Crippen LogP contribution in [0.25, 0.3) is 0 Å². The van der Waals surface area contributed by atoms with Gasteiger partial charge in [-0.05, 0) is 44.4 Å². The summed E-state index contributed by atoms with van der Waals surface area (Å²) in [6.07, 6.45) is 4.78. The van der Waals surface area contributed by atoms with Crippen LogP contribution in [0.1, 0.15) is 45.4 Å². The Bertz CT molecular complexity index is 416. The van der Waals surface area contributed by atoms with Crippen LogP contribution in [-0.4, -0.2) is 46.9 Å². The van der Waals surface area contributed by atoms with Crippen LogP contribution in [0, 0.1) is 11.8 Å². The molecule has 0 bridgehead atoms. The molecule has 1 unspecified atom stereocenters. The molecule has 6 nitrogen and oxygen atoms in total. The van der Waals surface area contributed by atoms with E-state index in [4.69, 9.17) is 5.11 Å². The number of likely N-dealkylation sites (tertiary alicyclic amines) is 1. The molecule has 21 heavy (non-hydrogen) atoms. The lowest BCUT2D eigenvalue weighted by molar-refractivity contribution is -0.150.